The van der Waals surface area contributed by atoms with Crippen molar-refractivity contribution in [3.8, 4) is 0 Å². The third-order valence-corrected chi connectivity index (χ3v) is 2.00. The summed E-state index contributed by atoms with van der Waals surface area (Å²) in [4.78, 5) is 10.8. The van der Waals surface area contributed by atoms with Gasteiger partial charge < -0.3 is 5.11 Å². The maximum Gasteiger partial charge on any atom is 0.401 e. The molecular formula is C10H11F2NO2. The van der Waals surface area contributed by atoms with E-state index >= 15 is 0 Å². The summed E-state index contributed by atoms with van der Waals surface area (Å²) in [6.07, 6.45) is 0. The van der Waals surface area contributed by atoms with Crippen molar-refractivity contribution in [2.24, 2.45) is 0 Å². The molecule has 0 amide bonds. The molecular weight excluding hydrogens is 204 g/mol. The summed E-state index contributed by atoms with van der Waals surface area (Å²) in [6.45, 7) is -0.111. The number of carboxylic acids is 1. The Morgan fingerprint density at radius 1 is 1.40 bits per heavy atom. The van der Waals surface area contributed by atoms with Crippen LogP contribution < -0.4 is 0 Å². The summed E-state index contributed by atoms with van der Waals surface area (Å²) in [7, 11) is 1.07. The van der Waals surface area contributed by atoms with Gasteiger partial charge in [-0.1, -0.05) is 30.3 Å². The summed E-state index contributed by atoms with van der Waals surface area (Å²) in [5.41, 5.74) is 0.640. The number of carboxylic acid groups (broad SMARTS) is 1. The highest BCUT2D eigenvalue weighted by atomic mass is 19.3. The molecule has 1 N–H and O–H groups in total. The van der Waals surface area contributed by atoms with Crippen LogP contribution in [-0.4, -0.2) is 29.1 Å². The molecule has 15 heavy (non-hydrogen) atoms. The van der Waals surface area contributed by atoms with E-state index in [4.69, 9.17) is 5.11 Å². The molecule has 0 aromatic heterocycles. The van der Waals surface area contributed by atoms with E-state index in [0.717, 1.165) is 7.05 Å². The molecule has 0 saturated carbocycles. The van der Waals surface area contributed by atoms with E-state index in [9.17, 15) is 13.6 Å². The van der Waals surface area contributed by atoms with E-state index in [1.54, 1.807) is 30.3 Å². The third-order valence-electron chi connectivity index (χ3n) is 2.00. The number of nitrogens with zero attached hydrogens (tertiary/aromatic N) is 1. The molecule has 1 rings (SSSR count). The highest BCUT2D eigenvalue weighted by Crippen LogP contribution is 2.20. The van der Waals surface area contributed by atoms with Crippen LogP contribution in [-0.2, 0) is 11.3 Å². The van der Waals surface area contributed by atoms with Gasteiger partial charge >= 0.3 is 12.0 Å². The number of halogens is 2. The van der Waals surface area contributed by atoms with Crippen molar-refractivity contribution in [2.45, 2.75) is 12.6 Å². The van der Waals surface area contributed by atoms with Crippen LogP contribution in [0.4, 0.5) is 8.78 Å². The number of benzene rings is 1. The Kier molecular flexibility index (Phi) is 3.36. The normalized spacial score (nSPS) is 11.7. The van der Waals surface area contributed by atoms with Crippen molar-refractivity contribution < 1.29 is 18.7 Å². The lowest BCUT2D eigenvalue weighted by Gasteiger charge is -2.23. The van der Waals surface area contributed by atoms with Crippen molar-refractivity contribution in [2.75, 3.05) is 7.05 Å². The van der Waals surface area contributed by atoms with E-state index in [0.29, 0.717) is 10.5 Å². The SMILES string of the molecule is CN(Cc1ccccc1)C(F)(F)C(=O)O. The summed E-state index contributed by atoms with van der Waals surface area (Å²) in [5, 5.41) is 8.30. The minimum absolute atomic E-state index is 0.111. The molecule has 0 aliphatic carbocycles. The molecule has 1 aromatic carbocycles. The van der Waals surface area contributed by atoms with Crippen molar-refractivity contribution in [3.05, 3.63) is 35.9 Å². The van der Waals surface area contributed by atoms with E-state index in [1.165, 1.54) is 0 Å². The molecule has 0 fully saturated rings. The van der Waals surface area contributed by atoms with Crippen LogP contribution >= 0.6 is 0 Å². The molecule has 5 heteroatoms. The lowest BCUT2D eigenvalue weighted by molar-refractivity contribution is -0.194. The van der Waals surface area contributed by atoms with Crippen LogP contribution in [0, 0.1) is 0 Å². The smallest absolute Gasteiger partial charge is 0.401 e. The zero-order valence-corrected chi connectivity index (χ0v) is 8.15. The largest absolute Gasteiger partial charge is 0.476 e. The molecule has 0 atom stereocenters. The van der Waals surface area contributed by atoms with Crippen molar-refractivity contribution in [1.82, 2.24) is 4.90 Å². The maximum atomic E-state index is 13.0. The average molecular weight is 215 g/mol. The zero-order valence-electron chi connectivity index (χ0n) is 8.15. The highest BCUT2D eigenvalue weighted by Gasteiger charge is 2.43. The monoisotopic (exact) mass is 215 g/mol. The van der Waals surface area contributed by atoms with Crippen LogP contribution in [0.25, 0.3) is 0 Å². The van der Waals surface area contributed by atoms with Gasteiger partial charge in [0, 0.05) is 6.54 Å². The van der Waals surface area contributed by atoms with Crippen molar-refractivity contribution in [3.63, 3.8) is 0 Å². The predicted molar refractivity (Wildman–Crippen MR) is 50.5 cm³/mol. The van der Waals surface area contributed by atoms with Crippen LogP contribution in [0.5, 0.6) is 0 Å². The van der Waals surface area contributed by atoms with Crippen LogP contribution in [0.3, 0.4) is 0 Å². The minimum atomic E-state index is -3.84. The molecule has 0 unspecified atom stereocenters. The number of rotatable bonds is 4. The number of hydrogen-bond acceptors (Lipinski definition) is 2. The van der Waals surface area contributed by atoms with E-state index in [2.05, 4.69) is 0 Å². The Morgan fingerprint density at radius 3 is 2.40 bits per heavy atom. The Morgan fingerprint density at radius 2 is 1.93 bits per heavy atom. The molecule has 0 spiro atoms. The fourth-order valence-corrected chi connectivity index (χ4v) is 1.12. The van der Waals surface area contributed by atoms with Gasteiger partial charge in [-0.25, -0.2) is 9.69 Å². The van der Waals surface area contributed by atoms with Gasteiger partial charge in [-0.15, -0.1) is 0 Å². The first kappa shape index (κ1) is 11.6. The first-order valence-electron chi connectivity index (χ1n) is 4.31. The maximum absolute atomic E-state index is 13.0. The standard InChI is InChI=1S/C10H11F2NO2/c1-13(10(11,12)9(14)15)7-8-5-3-2-4-6-8/h2-6H,7H2,1H3,(H,14,15). The van der Waals surface area contributed by atoms with Crippen molar-refractivity contribution in [1.29, 1.82) is 0 Å². The van der Waals surface area contributed by atoms with Gasteiger partial charge in [0.15, 0.2) is 0 Å². The summed E-state index contributed by atoms with van der Waals surface area (Å²) in [6, 6.07) is 4.67. The molecule has 3 nitrogen and oxygen atoms in total. The van der Waals surface area contributed by atoms with Gasteiger partial charge in [-0.05, 0) is 12.6 Å². The molecule has 0 saturated heterocycles. The fraction of sp³-hybridized carbons (Fsp3) is 0.300. The Hall–Kier alpha value is -1.49. The van der Waals surface area contributed by atoms with Gasteiger partial charge in [-0.3, -0.25) is 0 Å². The molecule has 0 bridgehead atoms. The molecule has 0 heterocycles. The summed E-state index contributed by atoms with van der Waals surface area (Å²) in [5.74, 6) is -2.14. The predicted octanol–water partition coefficient (Wildman–Crippen LogP) is 1.80. The van der Waals surface area contributed by atoms with Gasteiger partial charge in [0.25, 0.3) is 0 Å². The number of likely N-dealkylation sites (N-methyl/N-ethyl adjacent to an activating group) is 1. The molecule has 82 valence electrons. The fourth-order valence-electron chi connectivity index (χ4n) is 1.12. The first-order valence-corrected chi connectivity index (χ1v) is 4.31. The lowest BCUT2D eigenvalue weighted by Crippen LogP contribution is -2.44. The second-order valence-electron chi connectivity index (χ2n) is 3.19. The molecule has 1 aromatic rings. The summed E-state index contributed by atoms with van der Waals surface area (Å²) >= 11 is 0. The highest BCUT2D eigenvalue weighted by molar-refractivity contribution is 5.74. The average Bonchev–Trinajstić information content (AvgIpc) is 2.18. The number of alkyl halides is 2. The van der Waals surface area contributed by atoms with E-state index in [-0.39, 0.29) is 6.54 Å². The third kappa shape index (κ3) is 2.73. The van der Waals surface area contributed by atoms with Gasteiger partial charge in [0.1, 0.15) is 0 Å². The Labute approximate surface area is 85.9 Å². The zero-order chi connectivity index (χ0) is 11.5. The van der Waals surface area contributed by atoms with Crippen LogP contribution in [0.1, 0.15) is 5.56 Å². The Bertz CT molecular complexity index is 341. The summed E-state index contributed by atoms with van der Waals surface area (Å²) < 4.78 is 25.9. The van der Waals surface area contributed by atoms with E-state index < -0.39 is 12.0 Å². The van der Waals surface area contributed by atoms with Gasteiger partial charge in [-0.2, -0.15) is 8.78 Å². The van der Waals surface area contributed by atoms with Gasteiger partial charge in [0.2, 0.25) is 0 Å². The first-order chi connectivity index (χ1) is 6.94. The molecule has 0 aliphatic rings. The second kappa shape index (κ2) is 4.35. The van der Waals surface area contributed by atoms with Crippen molar-refractivity contribution >= 4 is 5.97 Å². The lowest BCUT2D eigenvalue weighted by atomic mass is 10.2. The second-order valence-corrected chi connectivity index (χ2v) is 3.19. The topological polar surface area (TPSA) is 40.5 Å². The quantitative estimate of drug-likeness (QED) is 0.778. The minimum Gasteiger partial charge on any atom is -0.476 e. The number of carbonyl (C=O) groups is 1. The van der Waals surface area contributed by atoms with Crippen LogP contribution in [0.2, 0.25) is 0 Å². The van der Waals surface area contributed by atoms with Gasteiger partial charge in [0.05, 0.1) is 0 Å². The van der Waals surface area contributed by atoms with Crippen LogP contribution in [0.15, 0.2) is 30.3 Å². The number of hydrogen-bond donors (Lipinski definition) is 1. The van der Waals surface area contributed by atoms with E-state index in [1.807, 2.05) is 0 Å². The molecule has 0 radical (unpaired) electrons. The molecule has 0 aliphatic heterocycles. The Balaban J connectivity index is 2.72. The number of aliphatic carboxylic acids is 1.